The maximum atomic E-state index is 13.4. The Morgan fingerprint density at radius 1 is 1.14 bits per heavy atom. The highest BCUT2D eigenvalue weighted by atomic mass is 79.9. The summed E-state index contributed by atoms with van der Waals surface area (Å²) in [6.45, 7) is -2.88. The van der Waals surface area contributed by atoms with E-state index in [-0.39, 0.29) is 11.6 Å². The predicted molar refractivity (Wildman–Crippen MR) is 77.8 cm³/mol. The molecule has 0 aromatic heterocycles. The van der Waals surface area contributed by atoms with E-state index in [9.17, 15) is 13.2 Å². The summed E-state index contributed by atoms with van der Waals surface area (Å²) in [6.07, 6.45) is 0.372. The van der Waals surface area contributed by atoms with Gasteiger partial charge in [0.05, 0.1) is 4.47 Å². The third-order valence-corrected chi connectivity index (χ3v) is 3.87. The molecule has 112 valence electrons. The van der Waals surface area contributed by atoms with E-state index in [1.165, 1.54) is 18.2 Å². The minimum Gasteiger partial charge on any atom is -0.435 e. The standard InChI is InChI=1S/C15H13BrF3NO/c16-14-10(4-2-6-12(14)17)8-13(20)9-3-1-5-11(7-9)21-15(18)19/h1-7,13,15H,8,20H2. The Morgan fingerprint density at radius 2 is 1.86 bits per heavy atom. The zero-order valence-electron chi connectivity index (χ0n) is 10.9. The lowest BCUT2D eigenvalue weighted by molar-refractivity contribution is -0.0499. The van der Waals surface area contributed by atoms with Gasteiger partial charge >= 0.3 is 6.61 Å². The van der Waals surface area contributed by atoms with Crippen LogP contribution in [0.1, 0.15) is 17.2 Å². The van der Waals surface area contributed by atoms with Crippen LogP contribution in [0.2, 0.25) is 0 Å². The molecule has 2 aromatic carbocycles. The minimum absolute atomic E-state index is 0.0521. The zero-order valence-corrected chi connectivity index (χ0v) is 12.5. The molecule has 0 fully saturated rings. The highest BCUT2D eigenvalue weighted by molar-refractivity contribution is 9.10. The lowest BCUT2D eigenvalue weighted by Gasteiger charge is -2.15. The largest absolute Gasteiger partial charge is 0.435 e. The third-order valence-electron chi connectivity index (χ3n) is 2.98. The van der Waals surface area contributed by atoms with Crippen LogP contribution in [0, 0.1) is 5.82 Å². The van der Waals surface area contributed by atoms with Crippen molar-refractivity contribution in [3.8, 4) is 5.75 Å². The Bertz CT molecular complexity index is 622. The molecule has 0 aliphatic carbocycles. The van der Waals surface area contributed by atoms with Crippen LogP contribution < -0.4 is 10.5 Å². The fourth-order valence-electron chi connectivity index (χ4n) is 1.98. The fourth-order valence-corrected chi connectivity index (χ4v) is 2.41. The maximum absolute atomic E-state index is 13.4. The van der Waals surface area contributed by atoms with E-state index in [1.807, 2.05) is 0 Å². The summed E-state index contributed by atoms with van der Waals surface area (Å²) >= 11 is 3.17. The van der Waals surface area contributed by atoms with Crippen molar-refractivity contribution in [1.29, 1.82) is 0 Å². The first-order valence-corrected chi connectivity index (χ1v) is 7.00. The third kappa shape index (κ3) is 4.22. The minimum atomic E-state index is -2.88. The van der Waals surface area contributed by atoms with Gasteiger partial charge in [-0.15, -0.1) is 0 Å². The highest BCUT2D eigenvalue weighted by Crippen LogP contribution is 2.26. The quantitative estimate of drug-likeness (QED) is 0.856. The second kappa shape index (κ2) is 6.95. The van der Waals surface area contributed by atoms with Crippen molar-refractivity contribution in [1.82, 2.24) is 0 Å². The molecular formula is C15H13BrF3NO. The van der Waals surface area contributed by atoms with Crippen molar-refractivity contribution >= 4 is 15.9 Å². The summed E-state index contributed by atoms with van der Waals surface area (Å²) in [5, 5.41) is 0. The Morgan fingerprint density at radius 3 is 2.57 bits per heavy atom. The van der Waals surface area contributed by atoms with Gasteiger partial charge in [-0.1, -0.05) is 24.3 Å². The topological polar surface area (TPSA) is 35.2 Å². The molecule has 0 saturated carbocycles. The van der Waals surface area contributed by atoms with Crippen LogP contribution in [0.25, 0.3) is 0 Å². The Hall–Kier alpha value is -1.53. The van der Waals surface area contributed by atoms with E-state index in [2.05, 4.69) is 20.7 Å². The molecule has 21 heavy (non-hydrogen) atoms. The van der Waals surface area contributed by atoms with Crippen LogP contribution >= 0.6 is 15.9 Å². The van der Waals surface area contributed by atoms with Crippen molar-refractivity contribution in [2.75, 3.05) is 0 Å². The Balaban J connectivity index is 2.16. The maximum Gasteiger partial charge on any atom is 0.387 e. The smallest absolute Gasteiger partial charge is 0.387 e. The highest BCUT2D eigenvalue weighted by Gasteiger charge is 2.13. The van der Waals surface area contributed by atoms with Gasteiger partial charge in [0.2, 0.25) is 0 Å². The summed E-state index contributed by atoms with van der Waals surface area (Å²) in [4.78, 5) is 0. The molecule has 2 rings (SSSR count). The normalized spacial score (nSPS) is 12.5. The molecule has 0 bridgehead atoms. The molecule has 1 atom stereocenters. The summed E-state index contributed by atoms with van der Waals surface area (Å²) in [5.74, 6) is -0.314. The fraction of sp³-hybridized carbons (Fsp3) is 0.200. The van der Waals surface area contributed by atoms with Crippen molar-refractivity contribution in [2.24, 2.45) is 5.73 Å². The molecular weight excluding hydrogens is 347 g/mol. The monoisotopic (exact) mass is 359 g/mol. The van der Waals surface area contributed by atoms with E-state index < -0.39 is 12.7 Å². The van der Waals surface area contributed by atoms with Gasteiger partial charge in [-0.05, 0) is 51.7 Å². The molecule has 2 aromatic rings. The first kappa shape index (κ1) is 15.9. The average molecular weight is 360 g/mol. The van der Waals surface area contributed by atoms with Gasteiger partial charge in [-0.3, -0.25) is 0 Å². The number of alkyl halides is 2. The number of nitrogens with two attached hydrogens (primary N) is 1. The molecule has 0 radical (unpaired) electrons. The molecule has 2 nitrogen and oxygen atoms in total. The van der Waals surface area contributed by atoms with Gasteiger partial charge in [-0.25, -0.2) is 4.39 Å². The first-order valence-electron chi connectivity index (χ1n) is 6.20. The Labute approximate surface area is 128 Å². The zero-order chi connectivity index (χ0) is 15.4. The summed E-state index contributed by atoms with van der Waals surface area (Å²) in [7, 11) is 0. The van der Waals surface area contributed by atoms with Gasteiger partial charge in [0, 0.05) is 6.04 Å². The lowest BCUT2D eigenvalue weighted by Crippen LogP contribution is -2.14. The summed E-state index contributed by atoms with van der Waals surface area (Å²) in [5.41, 5.74) is 7.41. The molecule has 0 amide bonds. The first-order chi connectivity index (χ1) is 9.97. The average Bonchev–Trinajstić information content (AvgIpc) is 2.43. The lowest BCUT2D eigenvalue weighted by atomic mass is 9.99. The molecule has 0 heterocycles. The van der Waals surface area contributed by atoms with Gasteiger partial charge < -0.3 is 10.5 Å². The van der Waals surface area contributed by atoms with Crippen LogP contribution in [0.4, 0.5) is 13.2 Å². The van der Waals surface area contributed by atoms with Crippen molar-refractivity contribution < 1.29 is 17.9 Å². The van der Waals surface area contributed by atoms with Crippen molar-refractivity contribution in [3.05, 3.63) is 63.9 Å². The number of benzene rings is 2. The number of rotatable bonds is 5. The number of hydrogen-bond acceptors (Lipinski definition) is 2. The Kier molecular flexibility index (Phi) is 5.25. The molecule has 0 aliphatic rings. The van der Waals surface area contributed by atoms with Crippen molar-refractivity contribution in [2.45, 2.75) is 19.1 Å². The number of ether oxygens (including phenoxy) is 1. The molecule has 0 spiro atoms. The molecule has 0 aliphatic heterocycles. The van der Waals surface area contributed by atoms with E-state index in [0.717, 1.165) is 0 Å². The van der Waals surface area contributed by atoms with Crippen LogP contribution in [-0.4, -0.2) is 6.61 Å². The number of hydrogen-bond donors (Lipinski definition) is 1. The van der Waals surface area contributed by atoms with Gasteiger partial charge in [0.25, 0.3) is 0 Å². The SMILES string of the molecule is NC(Cc1cccc(F)c1Br)c1cccc(OC(F)F)c1. The van der Waals surface area contributed by atoms with Crippen LogP contribution in [0.3, 0.4) is 0 Å². The molecule has 0 saturated heterocycles. The van der Waals surface area contributed by atoms with E-state index in [4.69, 9.17) is 5.73 Å². The van der Waals surface area contributed by atoms with Gasteiger partial charge in [0.15, 0.2) is 0 Å². The van der Waals surface area contributed by atoms with E-state index in [1.54, 1.807) is 24.3 Å². The second-order valence-electron chi connectivity index (χ2n) is 4.47. The summed E-state index contributed by atoms with van der Waals surface area (Å²) < 4.78 is 42.5. The summed E-state index contributed by atoms with van der Waals surface area (Å²) in [6, 6.07) is 10.4. The number of halogens is 4. The van der Waals surface area contributed by atoms with E-state index in [0.29, 0.717) is 22.0 Å². The van der Waals surface area contributed by atoms with Gasteiger partial charge in [0.1, 0.15) is 11.6 Å². The molecule has 1 unspecified atom stereocenters. The molecule has 2 N–H and O–H groups in total. The predicted octanol–water partition coefficient (Wildman–Crippen LogP) is 4.43. The van der Waals surface area contributed by atoms with Crippen LogP contribution in [-0.2, 0) is 6.42 Å². The van der Waals surface area contributed by atoms with E-state index >= 15 is 0 Å². The second-order valence-corrected chi connectivity index (χ2v) is 5.27. The molecule has 6 heteroatoms. The van der Waals surface area contributed by atoms with Gasteiger partial charge in [-0.2, -0.15) is 8.78 Å². The van der Waals surface area contributed by atoms with Crippen LogP contribution in [0.15, 0.2) is 46.9 Å². The van der Waals surface area contributed by atoms with Crippen molar-refractivity contribution in [3.63, 3.8) is 0 Å². The van der Waals surface area contributed by atoms with Crippen LogP contribution in [0.5, 0.6) is 5.75 Å².